The molecule has 1 aromatic carbocycles. The van der Waals surface area contributed by atoms with E-state index in [0.717, 1.165) is 6.07 Å². The smallest absolute Gasteiger partial charge is 0.158 e. The van der Waals surface area contributed by atoms with Crippen molar-refractivity contribution in [3.8, 4) is 0 Å². The maximum Gasteiger partial charge on any atom is 0.158 e. The Morgan fingerprint density at radius 3 is 2.80 bits per heavy atom. The normalized spacial score (nSPS) is 11.4. The van der Waals surface area contributed by atoms with Gasteiger partial charge in [0.2, 0.25) is 0 Å². The van der Waals surface area contributed by atoms with Gasteiger partial charge >= 0.3 is 0 Å². The highest BCUT2D eigenvalue weighted by Gasteiger charge is 2.08. The van der Waals surface area contributed by atoms with Crippen LogP contribution < -0.4 is 0 Å². The molecule has 10 heavy (non-hydrogen) atoms. The zero-order valence-corrected chi connectivity index (χ0v) is 6.93. The second-order valence-electron chi connectivity index (χ2n) is 1.58. The lowest BCUT2D eigenvalue weighted by Gasteiger charge is -1.96. The summed E-state index contributed by atoms with van der Waals surface area (Å²) in [5, 5.41) is -0.649. The minimum absolute atomic E-state index is 0.00565. The lowest BCUT2D eigenvalue weighted by atomic mass is 10.3. The zero-order chi connectivity index (χ0) is 8.59. The second-order valence-corrected chi connectivity index (χ2v) is 2.81. The Labute approximate surface area is 71.3 Å². The molecule has 4 heteroatoms. The van der Waals surface area contributed by atoms with Gasteiger partial charge in [-0.05, 0) is 28.0 Å². The second kappa shape index (κ2) is 2.84. The summed E-state index contributed by atoms with van der Waals surface area (Å²) >= 11 is 7.97. The third-order valence-corrected chi connectivity index (χ3v) is 1.83. The van der Waals surface area contributed by atoms with Gasteiger partial charge in [-0.1, -0.05) is 11.6 Å². The summed E-state index contributed by atoms with van der Waals surface area (Å²) < 4.78 is 32.2. The lowest BCUT2D eigenvalue weighted by molar-refractivity contribution is 0.580. The standard InChI is InChI=1S/C6H2BrClF2/c7-3-1-2-4(9)5(8)6(3)10/h1-2H/i2D. The number of rotatable bonds is 0. The van der Waals surface area contributed by atoms with Crippen LogP contribution in [0, 0.1) is 11.6 Å². The highest BCUT2D eigenvalue weighted by Crippen LogP contribution is 2.25. The lowest BCUT2D eigenvalue weighted by Crippen LogP contribution is -1.83. The Morgan fingerprint density at radius 2 is 2.20 bits per heavy atom. The average molecular weight is 228 g/mol. The molecule has 1 rings (SSSR count). The van der Waals surface area contributed by atoms with Crippen LogP contribution in [0.25, 0.3) is 0 Å². The van der Waals surface area contributed by atoms with E-state index in [0.29, 0.717) is 0 Å². The molecule has 0 aromatic heterocycles. The summed E-state index contributed by atoms with van der Waals surface area (Å²) in [4.78, 5) is 0. The van der Waals surface area contributed by atoms with Crippen molar-refractivity contribution in [3.05, 3.63) is 33.2 Å². The average Bonchev–Trinajstić information content (AvgIpc) is 1.97. The quantitative estimate of drug-likeness (QED) is 0.472. The van der Waals surface area contributed by atoms with Crippen LogP contribution >= 0.6 is 27.5 Å². The topological polar surface area (TPSA) is 0 Å². The van der Waals surface area contributed by atoms with Crippen LogP contribution in [0.15, 0.2) is 16.6 Å². The number of halogens is 4. The van der Waals surface area contributed by atoms with Gasteiger partial charge in [-0.2, -0.15) is 0 Å². The Morgan fingerprint density at radius 1 is 1.60 bits per heavy atom. The molecule has 0 bridgehead atoms. The molecule has 0 aliphatic carbocycles. The number of hydrogen-bond donors (Lipinski definition) is 0. The summed E-state index contributed by atoms with van der Waals surface area (Å²) in [6, 6.07) is 0.583. The Bertz CT molecular complexity index is 277. The van der Waals surface area contributed by atoms with Gasteiger partial charge < -0.3 is 0 Å². The maximum atomic E-state index is 12.7. The van der Waals surface area contributed by atoms with E-state index in [1.54, 1.807) is 0 Å². The minimum atomic E-state index is -1.03. The first-order chi connectivity index (χ1) is 5.04. The van der Waals surface area contributed by atoms with Crippen LogP contribution in [-0.4, -0.2) is 0 Å². The van der Waals surface area contributed by atoms with E-state index in [4.69, 9.17) is 13.0 Å². The maximum absolute atomic E-state index is 12.7. The monoisotopic (exact) mass is 227 g/mol. The highest BCUT2D eigenvalue weighted by molar-refractivity contribution is 9.10. The molecular formula is C6H2BrClF2. The van der Waals surface area contributed by atoms with Crippen LogP contribution in [0.4, 0.5) is 8.78 Å². The fraction of sp³-hybridized carbons (Fsp3) is 0. The molecule has 0 saturated carbocycles. The van der Waals surface area contributed by atoms with E-state index < -0.39 is 22.7 Å². The van der Waals surface area contributed by atoms with Crippen molar-refractivity contribution in [3.63, 3.8) is 0 Å². The first-order valence-electron chi connectivity index (χ1n) is 2.83. The van der Waals surface area contributed by atoms with Crippen molar-refractivity contribution >= 4 is 27.5 Å². The molecule has 1 aromatic rings. The van der Waals surface area contributed by atoms with Crippen LogP contribution in [0.5, 0.6) is 0 Å². The van der Waals surface area contributed by atoms with E-state index in [2.05, 4.69) is 15.9 Å². The van der Waals surface area contributed by atoms with Gasteiger partial charge in [-0.3, -0.25) is 0 Å². The van der Waals surface area contributed by atoms with Gasteiger partial charge in [0.15, 0.2) is 5.82 Å². The summed E-state index contributed by atoms with van der Waals surface area (Å²) in [5.41, 5.74) is 0. The third kappa shape index (κ3) is 1.30. The fourth-order valence-corrected chi connectivity index (χ4v) is 1.04. The molecule has 0 aliphatic rings. The molecule has 0 atom stereocenters. The predicted octanol–water partition coefficient (Wildman–Crippen LogP) is 3.38. The first kappa shape index (κ1) is 6.55. The van der Waals surface area contributed by atoms with Crippen molar-refractivity contribution in [1.29, 1.82) is 0 Å². The SMILES string of the molecule is [2H]c1cc(Br)c(F)c(Cl)c1F. The van der Waals surface area contributed by atoms with Crippen LogP contribution in [-0.2, 0) is 0 Å². The van der Waals surface area contributed by atoms with E-state index >= 15 is 0 Å². The Balaban J connectivity index is 3.46. The Hall–Kier alpha value is -0.150. The largest absolute Gasteiger partial charge is 0.205 e. The van der Waals surface area contributed by atoms with E-state index in [1.165, 1.54) is 0 Å². The molecule has 0 radical (unpaired) electrons. The molecule has 0 spiro atoms. The predicted molar refractivity (Wildman–Crippen MR) is 39.1 cm³/mol. The van der Waals surface area contributed by atoms with Gasteiger partial charge in [0.25, 0.3) is 0 Å². The van der Waals surface area contributed by atoms with E-state index in [9.17, 15) is 8.78 Å². The first-order valence-corrected chi connectivity index (χ1v) is 3.50. The zero-order valence-electron chi connectivity index (χ0n) is 5.59. The molecule has 0 N–H and O–H groups in total. The van der Waals surface area contributed by atoms with Gasteiger partial charge in [-0.15, -0.1) is 0 Å². The fourth-order valence-electron chi connectivity index (χ4n) is 0.455. The van der Waals surface area contributed by atoms with Gasteiger partial charge in [0.05, 0.1) is 5.84 Å². The summed E-state index contributed by atoms with van der Waals surface area (Å²) in [7, 11) is 0. The van der Waals surface area contributed by atoms with Gasteiger partial charge in [-0.25, -0.2) is 8.78 Å². The summed E-state index contributed by atoms with van der Waals surface area (Å²) in [5.74, 6) is -1.91. The highest BCUT2D eigenvalue weighted by atomic mass is 79.9. The van der Waals surface area contributed by atoms with Crippen LogP contribution in [0.1, 0.15) is 1.37 Å². The van der Waals surface area contributed by atoms with Crippen molar-refractivity contribution < 1.29 is 10.2 Å². The molecule has 0 nitrogen and oxygen atoms in total. The van der Waals surface area contributed by atoms with E-state index in [1.807, 2.05) is 0 Å². The van der Waals surface area contributed by atoms with Crippen molar-refractivity contribution in [2.24, 2.45) is 0 Å². The molecule has 0 aliphatic heterocycles. The molecule has 0 unspecified atom stereocenters. The summed E-state index contributed by atoms with van der Waals surface area (Å²) in [6.07, 6.45) is 0. The Kier molecular flexibility index (Phi) is 1.86. The van der Waals surface area contributed by atoms with Gasteiger partial charge in [0.1, 0.15) is 10.8 Å². The van der Waals surface area contributed by atoms with Crippen molar-refractivity contribution in [1.82, 2.24) is 0 Å². The molecule has 0 saturated heterocycles. The van der Waals surface area contributed by atoms with Crippen molar-refractivity contribution in [2.75, 3.05) is 0 Å². The van der Waals surface area contributed by atoms with Crippen LogP contribution in [0.2, 0.25) is 5.02 Å². The van der Waals surface area contributed by atoms with Crippen molar-refractivity contribution in [2.45, 2.75) is 0 Å². The number of hydrogen-bond acceptors (Lipinski definition) is 0. The molecule has 0 fully saturated rings. The summed E-state index contributed by atoms with van der Waals surface area (Å²) in [6.45, 7) is 0. The molecule has 0 amide bonds. The number of benzene rings is 1. The van der Waals surface area contributed by atoms with Crippen LogP contribution in [0.3, 0.4) is 0 Å². The minimum Gasteiger partial charge on any atom is -0.205 e. The third-order valence-electron chi connectivity index (χ3n) is 0.921. The molecule has 54 valence electrons. The van der Waals surface area contributed by atoms with Gasteiger partial charge in [0, 0.05) is 0 Å². The molecule has 0 heterocycles. The van der Waals surface area contributed by atoms with E-state index in [-0.39, 0.29) is 4.47 Å². The molecular weight excluding hydrogens is 225 g/mol.